The van der Waals surface area contributed by atoms with Crippen molar-refractivity contribution < 1.29 is 19.0 Å². The van der Waals surface area contributed by atoms with Crippen LogP contribution in [0.25, 0.3) is 0 Å². The smallest absolute Gasteiger partial charge is 0.340 e. The number of ether oxygens (including phenoxy) is 1. The first-order chi connectivity index (χ1) is 9.06. The Morgan fingerprint density at radius 1 is 1.21 bits per heavy atom. The second-order valence-corrected chi connectivity index (χ2v) is 3.97. The fraction of sp³-hybridized carbons (Fsp3) is 0.0714. The van der Waals surface area contributed by atoms with Crippen molar-refractivity contribution in [3.63, 3.8) is 0 Å². The normalized spacial score (nSPS) is 10.2. The van der Waals surface area contributed by atoms with Crippen LogP contribution in [0.3, 0.4) is 0 Å². The molecule has 0 aliphatic rings. The number of anilines is 1. The maximum atomic E-state index is 12.8. The van der Waals surface area contributed by atoms with Gasteiger partial charge < -0.3 is 15.6 Å². The van der Waals surface area contributed by atoms with Crippen LogP contribution >= 0.6 is 0 Å². The summed E-state index contributed by atoms with van der Waals surface area (Å²) in [6.07, 6.45) is 0. The third kappa shape index (κ3) is 3.22. The zero-order chi connectivity index (χ0) is 13.8. The lowest BCUT2D eigenvalue weighted by molar-refractivity contribution is 0.0474. The highest BCUT2D eigenvalue weighted by Crippen LogP contribution is 2.16. The average Bonchev–Trinajstić information content (AvgIpc) is 2.37. The molecule has 0 fully saturated rings. The second kappa shape index (κ2) is 5.39. The zero-order valence-corrected chi connectivity index (χ0v) is 9.97. The number of hydrogen-bond donors (Lipinski definition) is 2. The Hall–Kier alpha value is -2.56. The number of benzene rings is 2. The Labute approximate surface area is 109 Å². The van der Waals surface area contributed by atoms with Crippen LogP contribution in [0.5, 0.6) is 5.75 Å². The molecule has 2 aromatic rings. The van der Waals surface area contributed by atoms with Crippen molar-refractivity contribution in [2.24, 2.45) is 0 Å². The lowest BCUT2D eigenvalue weighted by Gasteiger charge is -2.07. The van der Waals surface area contributed by atoms with Crippen LogP contribution in [0.2, 0.25) is 0 Å². The minimum Gasteiger partial charge on any atom is -0.508 e. The summed E-state index contributed by atoms with van der Waals surface area (Å²) in [5.74, 6) is -0.990. The van der Waals surface area contributed by atoms with Crippen LogP contribution in [0.15, 0.2) is 42.5 Å². The molecule has 0 saturated carbocycles. The Morgan fingerprint density at radius 3 is 2.53 bits per heavy atom. The molecule has 5 heteroatoms. The lowest BCUT2D eigenvalue weighted by atomic mass is 10.2. The van der Waals surface area contributed by atoms with Crippen molar-refractivity contribution >= 4 is 11.7 Å². The average molecular weight is 261 g/mol. The molecule has 0 amide bonds. The van der Waals surface area contributed by atoms with Gasteiger partial charge in [0.2, 0.25) is 0 Å². The number of carbonyl (C=O) groups excluding carboxylic acids is 1. The van der Waals surface area contributed by atoms with Gasteiger partial charge in [-0.3, -0.25) is 0 Å². The predicted molar refractivity (Wildman–Crippen MR) is 68.0 cm³/mol. The first kappa shape index (κ1) is 12.9. The van der Waals surface area contributed by atoms with Crippen molar-refractivity contribution in [1.29, 1.82) is 0 Å². The van der Waals surface area contributed by atoms with Gasteiger partial charge in [0.25, 0.3) is 0 Å². The highest BCUT2D eigenvalue weighted by atomic mass is 19.1. The van der Waals surface area contributed by atoms with E-state index in [0.29, 0.717) is 0 Å². The highest BCUT2D eigenvalue weighted by Gasteiger charge is 2.11. The molecule has 98 valence electrons. The van der Waals surface area contributed by atoms with Crippen molar-refractivity contribution in [3.8, 4) is 5.75 Å². The number of hydrogen-bond acceptors (Lipinski definition) is 4. The van der Waals surface area contributed by atoms with Crippen molar-refractivity contribution in [3.05, 3.63) is 59.4 Å². The van der Waals surface area contributed by atoms with E-state index in [1.165, 1.54) is 18.2 Å². The Bertz CT molecular complexity index is 596. The van der Waals surface area contributed by atoms with Gasteiger partial charge in [-0.15, -0.1) is 0 Å². The van der Waals surface area contributed by atoms with Gasteiger partial charge in [-0.2, -0.15) is 0 Å². The molecule has 2 aromatic carbocycles. The van der Waals surface area contributed by atoms with E-state index in [1.54, 1.807) is 12.1 Å². The van der Waals surface area contributed by atoms with Crippen LogP contribution in [0.4, 0.5) is 10.1 Å². The number of halogens is 1. The van der Waals surface area contributed by atoms with Crippen LogP contribution < -0.4 is 5.73 Å². The number of phenolic OH excluding ortho intramolecular Hbond substituents is 1. The molecule has 0 atom stereocenters. The molecule has 19 heavy (non-hydrogen) atoms. The van der Waals surface area contributed by atoms with Crippen LogP contribution in [0, 0.1) is 5.82 Å². The summed E-state index contributed by atoms with van der Waals surface area (Å²) in [7, 11) is 0. The molecular weight excluding hydrogens is 249 g/mol. The summed E-state index contributed by atoms with van der Waals surface area (Å²) in [6.45, 7) is 0.0515. The van der Waals surface area contributed by atoms with E-state index in [0.717, 1.165) is 17.7 Å². The van der Waals surface area contributed by atoms with Gasteiger partial charge >= 0.3 is 5.97 Å². The molecule has 0 saturated heterocycles. The standard InChI is InChI=1S/C14H12FNO3/c15-10-3-6-12(13(16)7-10)14(18)19-8-9-1-4-11(17)5-2-9/h1-7,17H,8,16H2. The number of phenols is 1. The molecule has 3 N–H and O–H groups in total. The van der Waals surface area contributed by atoms with Crippen LogP contribution in [-0.4, -0.2) is 11.1 Å². The molecule has 0 aliphatic heterocycles. The molecule has 2 rings (SSSR count). The molecule has 0 aromatic heterocycles. The molecule has 0 bridgehead atoms. The molecule has 0 aliphatic carbocycles. The second-order valence-electron chi connectivity index (χ2n) is 3.97. The van der Waals surface area contributed by atoms with E-state index in [4.69, 9.17) is 15.6 Å². The highest BCUT2D eigenvalue weighted by molar-refractivity contribution is 5.94. The van der Waals surface area contributed by atoms with E-state index in [9.17, 15) is 9.18 Å². The van der Waals surface area contributed by atoms with Gasteiger partial charge in [-0.25, -0.2) is 9.18 Å². The number of carbonyl (C=O) groups is 1. The topological polar surface area (TPSA) is 72.6 Å². The van der Waals surface area contributed by atoms with E-state index >= 15 is 0 Å². The lowest BCUT2D eigenvalue weighted by Crippen LogP contribution is -2.08. The van der Waals surface area contributed by atoms with E-state index in [1.807, 2.05) is 0 Å². The minimum atomic E-state index is -0.620. The summed E-state index contributed by atoms with van der Waals surface area (Å²) in [5.41, 5.74) is 6.43. The Morgan fingerprint density at radius 2 is 1.89 bits per heavy atom. The van der Waals surface area contributed by atoms with Gasteiger partial charge in [0, 0.05) is 5.69 Å². The van der Waals surface area contributed by atoms with Crippen molar-refractivity contribution in [2.75, 3.05) is 5.73 Å². The summed E-state index contributed by atoms with van der Waals surface area (Å²) < 4.78 is 17.9. The maximum Gasteiger partial charge on any atom is 0.340 e. The van der Waals surface area contributed by atoms with Gasteiger partial charge in [0.05, 0.1) is 5.56 Å². The Balaban J connectivity index is 2.03. The van der Waals surface area contributed by atoms with E-state index < -0.39 is 11.8 Å². The zero-order valence-electron chi connectivity index (χ0n) is 9.97. The van der Waals surface area contributed by atoms with Gasteiger partial charge in [0.1, 0.15) is 18.2 Å². The van der Waals surface area contributed by atoms with Crippen LogP contribution in [0.1, 0.15) is 15.9 Å². The first-order valence-electron chi connectivity index (χ1n) is 5.56. The first-order valence-corrected chi connectivity index (χ1v) is 5.56. The molecule has 4 nitrogen and oxygen atoms in total. The van der Waals surface area contributed by atoms with Crippen molar-refractivity contribution in [2.45, 2.75) is 6.61 Å². The molecular formula is C14H12FNO3. The van der Waals surface area contributed by atoms with E-state index in [-0.39, 0.29) is 23.6 Å². The van der Waals surface area contributed by atoms with Gasteiger partial charge in [0.15, 0.2) is 0 Å². The molecule has 0 heterocycles. The third-order valence-corrected chi connectivity index (χ3v) is 2.54. The van der Waals surface area contributed by atoms with Crippen LogP contribution in [-0.2, 0) is 11.3 Å². The molecule has 0 spiro atoms. The monoisotopic (exact) mass is 261 g/mol. The number of esters is 1. The van der Waals surface area contributed by atoms with Gasteiger partial charge in [-0.1, -0.05) is 12.1 Å². The van der Waals surface area contributed by atoms with E-state index in [2.05, 4.69) is 0 Å². The third-order valence-electron chi connectivity index (χ3n) is 2.54. The maximum absolute atomic E-state index is 12.8. The summed E-state index contributed by atoms with van der Waals surface area (Å²) in [4.78, 5) is 11.7. The number of aromatic hydroxyl groups is 1. The number of nitrogens with two attached hydrogens (primary N) is 1. The minimum absolute atomic E-state index is 0.0377. The summed E-state index contributed by atoms with van der Waals surface area (Å²) in [6, 6.07) is 9.76. The number of nitrogen functional groups attached to an aromatic ring is 1. The Kier molecular flexibility index (Phi) is 3.66. The van der Waals surface area contributed by atoms with Crippen molar-refractivity contribution in [1.82, 2.24) is 0 Å². The fourth-order valence-corrected chi connectivity index (χ4v) is 1.54. The molecule has 0 unspecified atom stereocenters. The quantitative estimate of drug-likeness (QED) is 0.657. The summed E-state index contributed by atoms with van der Waals surface area (Å²) >= 11 is 0. The predicted octanol–water partition coefficient (Wildman–Crippen LogP) is 2.47. The number of rotatable bonds is 3. The van der Waals surface area contributed by atoms with Gasteiger partial charge in [-0.05, 0) is 35.9 Å². The SMILES string of the molecule is Nc1cc(F)ccc1C(=O)OCc1ccc(O)cc1. The fourth-order valence-electron chi connectivity index (χ4n) is 1.54. The largest absolute Gasteiger partial charge is 0.508 e. The molecule has 0 radical (unpaired) electrons. The summed E-state index contributed by atoms with van der Waals surface area (Å²) in [5, 5.41) is 9.11.